The molecule has 0 spiro atoms. The minimum atomic E-state index is -3.87. The van der Waals surface area contributed by atoms with E-state index in [-0.39, 0.29) is 42.8 Å². The third-order valence-corrected chi connectivity index (χ3v) is 9.49. The quantitative estimate of drug-likeness (QED) is 0.336. The van der Waals surface area contributed by atoms with E-state index in [0.29, 0.717) is 39.2 Å². The van der Waals surface area contributed by atoms with Gasteiger partial charge in [-0.1, -0.05) is 23.7 Å². The Morgan fingerprint density at radius 3 is 2.53 bits per heavy atom. The monoisotopic (exact) mass is 633 g/mol. The van der Waals surface area contributed by atoms with E-state index in [1.54, 1.807) is 43.9 Å². The minimum absolute atomic E-state index is 0.0129. The van der Waals surface area contributed by atoms with Crippen LogP contribution in [0.3, 0.4) is 0 Å². The maximum atomic E-state index is 13.5. The van der Waals surface area contributed by atoms with Gasteiger partial charge in [-0.05, 0) is 63.2 Å². The number of ether oxygens (including phenoxy) is 1. The van der Waals surface area contributed by atoms with E-state index in [0.717, 1.165) is 0 Å². The molecule has 3 amide bonds. The zero-order chi connectivity index (χ0) is 31.5. The predicted octanol–water partition coefficient (Wildman–Crippen LogP) is 4.06. The molecule has 4 rings (SSSR count). The van der Waals surface area contributed by atoms with Crippen LogP contribution in [0.15, 0.2) is 51.9 Å². The molecule has 1 aliphatic rings. The van der Waals surface area contributed by atoms with Gasteiger partial charge in [-0.3, -0.25) is 4.79 Å². The molecule has 232 valence electrons. The Morgan fingerprint density at radius 1 is 1.21 bits per heavy atom. The molecule has 0 radical (unpaired) electrons. The van der Waals surface area contributed by atoms with Crippen molar-refractivity contribution in [3.63, 3.8) is 0 Å². The number of hydrogen-bond acceptors (Lipinski definition) is 8. The Labute approximate surface area is 256 Å². The van der Waals surface area contributed by atoms with Crippen LogP contribution in [0.4, 0.5) is 16.2 Å². The summed E-state index contributed by atoms with van der Waals surface area (Å²) in [5.41, 5.74) is 1.90. The number of fused-ring (bicyclic) bond motifs is 1. The lowest BCUT2D eigenvalue weighted by Gasteiger charge is -2.33. The second kappa shape index (κ2) is 13.3. The highest BCUT2D eigenvalue weighted by Crippen LogP contribution is 2.30. The highest BCUT2D eigenvalue weighted by Gasteiger charge is 2.33. The van der Waals surface area contributed by atoms with Crippen molar-refractivity contribution in [2.24, 2.45) is 5.92 Å². The number of nitrogens with zero attached hydrogens (tertiary/aromatic N) is 3. The summed E-state index contributed by atoms with van der Waals surface area (Å²) in [7, 11) is -2.40. The van der Waals surface area contributed by atoms with Gasteiger partial charge < -0.3 is 29.9 Å². The van der Waals surface area contributed by atoms with Crippen LogP contribution in [-0.2, 0) is 21.2 Å². The normalized spacial score (nSPS) is 18.2. The summed E-state index contributed by atoms with van der Waals surface area (Å²) in [5.74, 6) is 0.295. The Balaban J connectivity index is 1.62. The molecule has 0 unspecified atom stereocenters. The van der Waals surface area contributed by atoms with E-state index in [1.165, 1.54) is 35.6 Å². The molecule has 14 heteroatoms. The van der Waals surface area contributed by atoms with Crippen LogP contribution in [0.5, 0.6) is 5.75 Å². The van der Waals surface area contributed by atoms with E-state index < -0.39 is 28.2 Å². The molecule has 0 saturated carbocycles. The lowest BCUT2D eigenvalue weighted by molar-refractivity contribution is -0.134. The van der Waals surface area contributed by atoms with Crippen LogP contribution >= 0.6 is 11.6 Å². The number of benzene rings is 2. The fourth-order valence-corrected chi connectivity index (χ4v) is 6.11. The molecular weight excluding hydrogens is 598 g/mol. The van der Waals surface area contributed by atoms with Gasteiger partial charge in [0.15, 0.2) is 5.76 Å². The maximum absolute atomic E-state index is 13.5. The van der Waals surface area contributed by atoms with Crippen molar-refractivity contribution >= 4 is 44.9 Å². The molecule has 0 fully saturated rings. The van der Waals surface area contributed by atoms with E-state index in [9.17, 15) is 23.1 Å². The first kappa shape index (κ1) is 32.3. The summed E-state index contributed by atoms with van der Waals surface area (Å²) < 4.78 is 39.4. The van der Waals surface area contributed by atoms with Crippen LogP contribution in [-0.4, -0.2) is 78.7 Å². The van der Waals surface area contributed by atoms with E-state index in [2.05, 4.69) is 15.8 Å². The lowest BCUT2D eigenvalue weighted by Crippen LogP contribution is -2.48. The van der Waals surface area contributed by atoms with E-state index >= 15 is 0 Å². The van der Waals surface area contributed by atoms with Gasteiger partial charge in [0.2, 0.25) is 15.9 Å². The zero-order valence-corrected chi connectivity index (χ0v) is 26.2. The molecule has 2 heterocycles. The topological polar surface area (TPSA) is 154 Å². The largest absolute Gasteiger partial charge is 0.488 e. The lowest BCUT2D eigenvalue weighted by atomic mass is 10.0. The number of nitrogens with one attached hydrogen (secondary N) is 2. The molecule has 12 nitrogen and oxygen atoms in total. The van der Waals surface area contributed by atoms with Crippen LogP contribution in [0.1, 0.15) is 30.9 Å². The molecule has 43 heavy (non-hydrogen) atoms. The number of aliphatic hydroxyl groups is 1. The number of sulfonamides is 1. The standard InChI is InChI=1S/C29H36ClN5O7S/c1-17-14-35(18(2)16-36)27(37)13-21-12-23(31-29(38)32-28-19(3)33-42-20(28)4)8-11-25(21)41-26(17)15-34(5)43(39,40)24-9-6-22(30)7-10-24/h6-12,17-18,26,36H,13-16H2,1-5H3,(H2,31,32,38)/t17-,18-,26-/m1/s1. The maximum Gasteiger partial charge on any atom is 0.323 e. The summed E-state index contributed by atoms with van der Waals surface area (Å²) in [5, 5.41) is 19.6. The fraction of sp³-hybridized carbons (Fsp3) is 0.414. The molecule has 3 aromatic rings. The van der Waals surface area contributed by atoms with E-state index in [1.807, 2.05) is 6.92 Å². The van der Waals surface area contributed by atoms with Crippen molar-refractivity contribution in [3.05, 3.63) is 64.5 Å². The number of anilines is 2. The van der Waals surface area contributed by atoms with Gasteiger partial charge in [0.25, 0.3) is 0 Å². The number of likely N-dealkylation sites (N-methyl/N-ethyl adjacent to an activating group) is 1. The van der Waals surface area contributed by atoms with Gasteiger partial charge in [0, 0.05) is 35.8 Å². The number of rotatable bonds is 8. The average molecular weight is 634 g/mol. The van der Waals surface area contributed by atoms with Gasteiger partial charge in [-0.25, -0.2) is 13.2 Å². The predicted molar refractivity (Wildman–Crippen MR) is 162 cm³/mol. The number of aromatic nitrogens is 1. The van der Waals surface area contributed by atoms with Gasteiger partial charge in [-0.15, -0.1) is 0 Å². The van der Waals surface area contributed by atoms with Crippen LogP contribution in [0, 0.1) is 19.8 Å². The molecule has 0 bridgehead atoms. The highest BCUT2D eigenvalue weighted by molar-refractivity contribution is 7.89. The Hall–Kier alpha value is -3.65. The molecule has 3 N–H and O–H groups in total. The zero-order valence-electron chi connectivity index (χ0n) is 24.6. The molecule has 3 atom stereocenters. The average Bonchev–Trinajstić information content (AvgIpc) is 3.29. The summed E-state index contributed by atoms with van der Waals surface area (Å²) in [6.45, 7) is 6.98. The SMILES string of the molecule is Cc1noc(C)c1NC(=O)Nc1ccc2c(c1)CC(=O)N([C@H](C)CO)C[C@@H](C)[C@@H](CN(C)S(=O)(=O)c1ccc(Cl)cc1)O2. The van der Waals surface area contributed by atoms with Crippen molar-refractivity contribution in [1.82, 2.24) is 14.4 Å². The first-order chi connectivity index (χ1) is 20.3. The van der Waals surface area contributed by atoms with Gasteiger partial charge in [0.05, 0.1) is 30.5 Å². The van der Waals surface area contributed by atoms with Gasteiger partial charge >= 0.3 is 6.03 Å². The number of carbonyl (C=O) groups is 2. The molecular formula is C29H36ClN5O7S. The van der Waals surface area contributed by atoms with Crippen LogP contribution in [0.2, 0.25) is 5.02 Å². The number of urea groups is 1. The first-order valence-electron chi connectivity index (χ1n) is 13.7. The molecule has 0 saturated heterocycles. The first-order valence-corrected chi connectivity index (χ1v) is 15.5. The van der Waals surface area contributed by atoms with Crippen molar-refractivity contribution in [2.45, 2.75) is 51.2 Å². The summed E-state index contributed by atoms with van der Waals surface area (Å²) in [6.07, 6.45) is -0.717. The van der Waals surface area contributed by atoms with Crippen LogP contribution in [0.25, 0.3) is 0 Å². The Bertz CT molecular complexity index is 1560. The van der Waals surface area contributed by atoms with Crippen LogP contribution < -0.4 is 15.4 Å². The molecule has 1 aliphatic heterocycles. The number of amides is 3. The fourth-order valence-electron chi connectivity index (χ4n) is 4.80. The number of aliphatic hydroxyl groups excluding tert-OH is 1. The van der Waals surface area contributed by atoms with E-state index in [4.69, 9.17) is 20.9 Å². The second-order valence-corrected chi connectivity index (χ2v) is 13.2. The number of carbonyl (C=O) groups excluding carboxylic acids is 2. The Kier molecular flexibility index (Phi) is 10.0. The van der Waals surface area contributed by atoms with Crippen molar-refractivity contribution in [2.75, 3.05) is 37.4 Å². The third-order valence-electron chi connectivity index (χ3n) is 7.41. The summed E-state index contributed by atoms with van der Waals surface area (Å²) in [4.78, 5) is 27.9. The second-order valence-electron chi connectivity index (χ2n) is 10.7. The minimum Gasteiger partial charge on any atom is -0.488 e. The number of hydrogen-bond donors (Lipinski definition) is 3. The highest BCUT2D eigenvalue weighted by atomic mass is 35.5. The molecule has 1 aromatic heterocycles. The third kappa shape index (κ3) is 7.47. The van der Waals surface area contributed by atoms with Gasteiger partial charge in [0.1, 0.15) is 23.2 Å². The number of aryl methyl sites for hydroxylation is 2. The summed E-state index contributed by atoms with van der Waals surface area (Å²) in [6, 6.07) is 9.83. The van der Waals surface area contributed by atoms with Crippen molar-refractivity contribution in [1.29, 1.82) is 0 Å². The van der Waals surface area contributed by atoms with Gasteiger partial charge in [-0.2, -0.15) is 4.31 Å². The molecule has 2 aromatic carbocycles. The van der Waals surface area contributed by atoms with Crippen molar-refractivity contribution in [3.8, 4) is 5.75 Å². The Morgan fingerprint density at radius 2 is 1.91 bits per heavy atom. The summed E-state index contributed by atoms with van der Waals surface area (Å²) >= 11 is 5.95. The number of halogens is 1. The molecule has 0 aliphatic carbocycles. The van der Waals surface area contributed by atoms with Crippen molar-refractivity contribution < 1.29 is 32.4 Å². The smallest absolute Gasteiger partial charge is 0.323 e.